The number of anilines is 1. The van der Waals surface area contributed by atoms with Crippen LogP contribution >= 0.6 is 0 Å². The molecular weight excluding hydrogens is 442 g/mol. The Kier molecular flexibility index (Phi) is 5.40. The first kappa shape index (κ1) is 21.9. The van der Waals surface area contributed by atoms with Crippen LogP contribution in [0, 0.1) is 12.8 Å². The number of ether oxygens (including phenoxy) is 1. The Hall–Kier alpha value is -2.92. The molecule has 0 amide bonds. The number of aryl methyl sites for hydroxylation is 1. The standard InChI is InChI=1S/C22H27N7O3S/c1-14-12-25-18(13-24-14)19(32-3)15(2)33(30,31)28-21-27-26-20(17-6-4-5-11-23-17)29(21)22(9-10-22)16-7-8-16/h4-6,11-13,15-16,19H,7-10H2,1-3H3,(H,27,28). The summed E-state index contributed by atoms with van der Waals surface area (Å²) in [7, 11) is -2.43. The molecule has 0 spiro atoms. The molecule has 3 heterocycles. The van der Waals surface area contributed by atoms with Crippen LogP contribution in [0.3, 0.4) is 0 Å². The predicted molar refractivity (Wildman–Crippen MR) is 122 cm³/mol. The molecule has 3 aromatic rings. The summed E-state index contributed by atoms with van der Waals surface area (Å²) < 4.78 is 37.1. The van der Waals surface area contributed by atoms with Crippen LogP contribution in [0.25, 0.3) is 11.5 Å². The van der Waals surface area contributed by atoms with E-state index in [1.165, 1.54) is 7.11 Å². The second-order valence-electron chi connectivity index (χ2n) is 8.87. The third-order valence-electron chi connectivity index (χ3n) is 6.60. The fourth-order valence-electron chi connectivity index (χ4n) is 4.48. The second kappa shape index (κ2) is 8.14. The SMILES string of the molecule is COC(c1cnc(C)cn1)C(C)S(=O)(=O)Nc1nnc(-c2ccccn2)n1C1(C2CC2)CC1. The molecule has 0 aliphatic heterocycles. The summed E-state index contributed by atoms with van der Waals surface area (Å²) in [5.41, 5.74) is 1.71. The summed E-state index contributed by atoms with van der Waals surface area (Å²) in [6.45, 7) is 3.41. The van der Waals surface area contributed by atoms with Crippen molar-refractivity contribution in [3.05, 3.63) is 48.2 Å². The molecule has 33 heavy (non-hydrogen) atoms. The first-order valence-corrected chi connectivity index (χ1v) is 12.6. The summed E-state index contributed by atoms with van der Waals surface area (Å²) in [6, 6.07) is 5.58. The Morgan fingerprint density at radius 3 is 2.52 bits per heavy atom. The molecule has 0 radical (unpaired) electrons. The summed E-state index contributed by atoms with van der Waals surface area (Å²) in [5.74, 6) is 1.31. The predicted octanol–water partition coefficient (Wildman–Crippen LogP) is 2.86. The van der Waals surface area contributed by atoms with Gasteiger partial charge in [-0.3, -0.25) is 24.2 Å². The van der Waals surface area contributed by atoms with E-state index in [1.54, 1.807) is 25.5 Å². The quantitative estimate of drug-likeness (QED) is 0.507. The van der Waals surface area contributed by atoms with Crippen LogP contribution in [0.15, 0.2) is 36.8 Å². The molecule has 0 saturated heterocycles. The van der Waals surface area contributed by atoms with Crippen molar-refractivity contribution in [1.82, 2.24) is 29.7 Å². The highest BCUT2D eigenvalue weighted by Crippen LogP contribution is 2.61. The molecule has 1 N–H and O–H groups in total. The average molecular weight is 470 g/mol. The highest BCUT2D eigenvalue weighted by atomic mass is 32.2. The van der Waals surface area contributed by atoms with Crippen molar-refractivity contribution in [3.8, 4) is 11.5 Å². The lowest BCUT2D eigenvalue weighted by molar-refractivity contribution is 0.0985. The van der Waals surface area contributed by atoms with Crippen LogP contribution in [-0.2, 0) is 20.3 Å². The third-order valence-corrected chi connectivity index (χ3v) is 8.29. The van der Waals surface area contributed by atoms with Gasteiger partial charge in [0.1, 0.15) is 17.0 Å². The number of sulfonamides is 1. The smallest absolute Gasteiger partial charge is 0.240 e. The minimum Gasteiger partial charge on any atom is -0.374 e. The number of nitrogens with zero attached hydrogens (tertiary/aromatic N) is 6. The van der Waals surface area contributed by atoms with Gasteiger partial charge >= 0.3 is 0 Å². The molecule has 2 saturated carbocycles. The lowest BCUT2D eigenvalue weighted by Crippen LogP contribution is -2.34. The van der Waals surface area contributed by atoms with E-state index in [-0.39, 0.29) is 11.5 Å². The van der Waals surface area contributed by atoms with Crippen LogP contribution in [0.5, 0.6) is 0 Å². The Balaban J connectivity index is 1.49. The molecule has 3 aromatic heterocycles. The molecule has 2 aliphatic rings. The van der Waals surface area contributed by atoms with Crippen molar-refractivity contribution in [2.75, 3.05) is 11.8 Å². The zero-order valence-corrected chi connectivity index (χ0v) is 19.7. The Labute approximate surface area is 192 Å². The minimum absolute atomic E-state index is 0.152. The molecule has 10 nitrogen and oxygen atoms in total. The zero-order valence-electron chi connectivity index (χ0n) is 18.8. The van der Waals surface area contributed by atoms with Gasteiger partial charge in [-0.05, 0) is 57.6 Å². The summed E-state index contributed by atoms with van der Waals surface area (Å²) >= 11 is 0. The maximum absolute atomic E-state index is 13.4. The maximum atomic E-state index is 13.4. The molecular formula is C22H27N7O3S. The minimum atomic E-state index is -3.90. The highest BCUT2D eigenvalue weighted by molar-refractivity contribution is 7.93. The molecule has 5 rings (SSSR count). The largest absolute Gasteiger partial charge is 0.374 e. The lowest BCUT2D eigenvalue weighted by atomic mass is 10.1. The van der Waals surface area contributed by atoms with Crippen molar-refractivity contribution in [3.63, 3.8) is 0 Å². The van der Waals surface area contributed by atoms with Gasteiger partial charge in [-0.15, -0.1) is 10.2 Å². The van der Waals surface area contributed by atoms with Gasteiger partial charge in [0.15, 0.2) is 5.82 Å². The van der Waals surface area contributed by atoms with Gasteiger partial charge in [0.2, 0.25) is 16.0 Å². The first-order valence-electron chi connectivity index (χ1n) is 11.1. The number of methoxy groups -OCH3 is 1. The van der Waals surface area contributed by atoms with Gasteiger partial charge in [0.05, 0.1) is 23.1 Å². The van der Waals surface area contributed by atoms with Crippen molar-refractivity contribution in [1.29, 1.82) is 0 Å². The molecule has 2 fully saturated rings. The topological polar surface area (TPSA) is 125 Å². The van der Waals surface area contributed by atoms with E-state index in [9.17, 15) is 8.42 Å². The fraction of sp³-hybridized carbons (Fsp3) is 0.500. The molecule has 0 bridgehead atoms. The van der Waals surface area contributed by atoms with E-state index in [2.05, 4.69) is 29.9 Å². The number of hydrogen-bond acceptors (Lipinski definition) is 8. The summed E-state index contributed by atoms with van der Waals surface area (Å²) in [5, 5.41) is 7.66. The van der Waals surface area contributed by atoms with Crippen molar-refractivity contribution in [2.45, 2.75) is 56.4 Å². The van der Waals surface area contributed by atoms with Crippen molar-refractivity contribution in [2.24, 2.45) is 5.92 Å². The van der Waals surface area contributed by atoms with E-state index in [0.717, 1.165) is 31.4 Å². The van der Waals surface area contributed by atoms with E-state index in [0.29, 0.717) is 23.1 Å². The lowest BCUT2D eigenvalue weighted by Gasteiger charge is -2.25. The molecule has 2 atom stereocenters. The highest BCUT2D eigenvalue weighted by Gasteiger charge is 2.57. The number of aromatic nitrogens is 6. The fourth-order valence-corrected chi connectivity index (χ4v) is 5.63. The number of pyridine rings is 1. The van der Waals surface area contributed by atoms with E-state index < -0.39 is 21.4 Å². The van der Waals surface area contributed by atoms with Gasteiger partial charge in [-0.2, -0.15) is 0 Å². The Morgan fingerprint density at radius 1 is 1.15 bits per heavy atom. The molecule has 0 aromatic carbocycles. The summed E-state index contributed by atoms with van der Waals surface area (Å²) in [4.78, 5) is 13.0. The normalized spacial score (nSPS) is 19.1. The average Bonchev–Trinajstić information content (AvgIpc) is 3.73. The third kappa shape index (κ3) is 3.99. The molecule has 174 valence electrons. The van der Waals surface area contributed by atoms with Gasteiger partial charge in [0.25, 0.3) is 0 Å². The monoisotopic (exact) mass is 469 g/mol. The zero-order chi connectivity index (χ0) is 23.2. The molecule has 2 unspecified atom stereocenters. The first-order chi connectivity index (χ1) is 15.9. The van der Waals surface area contributed by atoms with E-state index in [1.807, 2.05) is 29.7 Å². The van der Waals surface area contributed by atoms with Crippen LogP contribution in [0.1, 0.15) is 50.1 Å². The summed E-state index contributed by atoms with van der Waals surface area (Å²) in [6.07, 6.45) is 8.24. The maximum Gasteiger partial charge on any atom is 0.240 e. The van der Waals surface area contributed by atoms with Crippen molar-refractivity contribution < 1.29 is 13.2 Å². The van der Waals surface area contributed by atoms with Gasteiger partial charge in [-0.25, -0.2) is 8.42 Å². The number of rotatable bonds is 9. The Morgan fingerprint density at radius 2 is 1.94 bits per heavy atom. The second-order valence-corrected chi connectivity index (χ2v) is 10.9. The van der Waals surface area contributed by atoms with Gasteiger partial charge < -0.3 is 4.74 Å². The number of nitrogens with one attached hydrogen (secondary N) is 1. The van der Waals surface area contributed by atoms with Crippen LogP contribution < -0.4 is 4.72 Å². The van der Waals surface area contributed by atoms with Crippen LogP contribution in [0.2, 0.25) is 0 Å². The van der Waals surface area contributed by atoms with Crippen LogP contribution in [-0.4, -0.2) is 50.5 Å². The molecule has 11 heteroatoms. The molecule has 2 aliphatic carbocycles. The number of hydrogen-bond donors (Lipinski definition) is 1. The Bertz CT molecular complexity index is 1240. The van der Waals surface area contributed by atoms with Crippen LogP contribution in [0.4, 0.5) is 5.95 Å². The van der Waals surface area contributed by atoms with E-state index in [4.69, 9.17) is 4.74 Å². The van der Waals surface area contributed by atoms with Gasteiger partial charge in [-0.1, -0.05) is 6.07 Å². The van der Waals surface area contributed by atoms with E-state index >= 15 is 0 Å². The van der Waals surface area contributed by atoms with Crippen molar-refractivity contribution >= 4 is 16.0 Å². The van der Waals surface area contributed by atoms with Gasteiger partial charge in [0, 0.05) is 19.5 Å².